The standard InChI is InChI=1S/C15H16FNO2/c1-10(17)12-5-6-15(14(16)8-12)19-9-11-3-2-4-13(18)7-11/h2-8,10,18H,9,17H2,1H3. The molecule has 0 bridgehead atoms. The molecule has 0 heterocycles. The van der Waals surface area contributed by atoms with Gasteiger partial charge in [0, 0.05) is 6.04 Å². The van der Waals surface area contributed by atoms with Gasteiger partial charge in [-0.05, 0) is 42.3 Å². The van der Waals surface area contributed by atoms with Gasteiger partial charge < -0.3 is 15.6 Å². The molecule has 2 aromatic carbocycles. The zero-order chi connectivity index (χ0) is 13.8. The van der Waals surface area contributed by atoms with Gasteiger partial charge >= 0.3 is 0 Å². The van der Waals surface area contributed by atoms with Gasteiger partial charge in [0.25, 0.3) is 0 Å². The van der Waals surface area contributed by atoms with Crippen LogP contribution < -0.4 is 10.5 Å². The van der Waals surface area contributed by atoms with Gasteiger partial charge in [-0.2, -0.15) is 0 Å². The van der Waals surface area contributed by atoms with Crippen LogP contribution in [0.25, 0.3) is 0 Å². The molecule has 2 rings (SSSR count). The van der Waals surface area contributed by atoms with E-state index < -0.39 is 5.82 Å². The van der Waals surface area contributed by atoms with Gasteiger partial charge in [-0.3, -0.25) is 0 Å². The zero-order valence-corrected chi connectivity index (χ0v) is 10.6. The Hall–Kier alpha value is -2.07. The summed E-state index contributed by atoms with van der Waals surface area (Å²) >= 11 is 0. The molecule has 0 spiro atoms. The second-order valence-electron chi connectivity index (χ2n) is 4.44. The summed E-state index contributed by atoms with van der Waals surface area (Å²) in [4.78, 5) is 0. The smallest absolute Gasteiger partial charge is 0.165 e. The van der Waals surface area contributed by atoms with E-state index >= 15 is 0 Å². The van der Waals surface area contributed by atoms with Crippen molar-refractivity contribution in [3.8, 4) is 11.5 Å². The van der Waals surface area contributed by atoms with Gasteiger partial charge in [-0.25, -0.2) is 4.39 Å². The molecule has 0 aromatic heterocycles. The Morgan fingerprint density at radius 1 is 1.26 bits per heavy atom. The van der Waals surface area contributed by atoms with E-state index in [2.05, 4.69) is 0 Å². The largest absolute Gasteiger partial charge is 0.508 e. The first-order chi connectivity index (χ1) is 9.06. The third-order valence-electron chi connectivity index (χ3n) is 2.79. The van der Waals surface area contributed by atoms with E-state index in [1.165, 1.54) is 6.07 Å². The van der Waals surface area contributed by atoms with E-state index in [0.717, 1.165) is 11.1 Å². The summed E-state index contributed by atoms with van der Waals surface area (Å²) in [6.07, 6.45) is 0. The summed E-state index contributed by atoms with van der Waals surface area (Å²) in [7, 11) is 0. The Morgan fingerprint density at radius 3 is 2.68 bits per heavy atom. The molecule has 100 valence electrons. The minimum Gasteiger partial charge on any atom is -0.508 e. The fourth-order valence-corrected chi connectivity index (χ4v) is 1.72. The van der Waals surface area contributed by atoms with Crippen LogP contribution in [0.4, 0.5) is 4.39 Å². The Kier molecular flexibility index (Phi) is 4.02. The topological polar surface area (TPSA) is 55.5 Å². The van der Waals surface area contributed by atoms with Crippen molar-refractivity contribution in [3.05, 3.63) is 59.4 Å². The van der Waals surface area contributed by atoms with Crippen molar-refractivity contribution < 1.29 is 14.2 Å². The van der Waals surface area contributed by atoms with Gasteiger partial charge in [0.1, 0.15) is 12.4 Å². The van der Waals surface area contributed by atoms with Gasteiger partial charge in [0.15, 0.2) is 11.6 Å². The van der Waals surface area contributed by atoms with Crippen molar-refractivity contribution in [1.29, 1.82) is 0 Å². The number of phenols is 1. The highest BCUT2D eigenvalue weighted by atomic mass is 19.1. The number of hydrogen-bond acceptors (Lipinski definition) is 3. The Balaban J connectivity index is 2.07. The average Bonchev–Trinajstić information content (AvgIpc) is 2.37. The summed E-state index contributed by atoms with van der Waals surface area (Å²) in [5.41, 5.74) is 7.18. The van der Waals surface area contributed by atoms with Crippen LogP contribution in [0.1, 0.15) is 24.1 Å². The number of hydrogen-bond donors (Lipinski definition) is 2. The highest BCUT2D eigenvalue weighted by Gasteiger charge is 2.07. The van der Waals surface area contributed by atoms with Crippen LogP contribution in [0.2, 0.25) is 0 Å². The number of aromatic hydroxyl groups is 1. The normalized spacial score (nSPS) is 12.2. The lowest BCUT2D eigenvalue weighted by molar-refractivity contribution is 0.289. The molecule has 4 heteroatoms. The highest BCUT2D eigenvalue weighted by molar-refractivity contribution is 5.32. The number of nitrogens with two attached hydrogens (primary N) is 1. The predicted molar refractivity (Wildman–Crippen MR) is 71.4 cm³/mol. The monoisotopic (exact) mass is 261 g/mol. The van der Waals surface area contributed by atoms with E-state index in [1.807, 2.05) is 0 Å². The minimum absolute atomic E-state index is 0.161. The molecule has 3 N–H and O–H groups in total. The highest BCUT2D eigenvalue weighted by Crippen LogP contribution is 2.22. The van der Waals surface area contributed by atoms with Crippen LogP contribution in [0.3, 0.4) is 0 Å². The van der Waals surface area contributed by atoms with Gasteiger partial charge in [0.2, 0.25) is 0 Å². The fourth-order valence-electron chi connectivity index (χ4n) is 1.72. The van der Waals surface area contributed by atoms with E-state index in [0.29, 0.717) is 0 Å². The summed E-state index contributed by atoms with van der Waals surface area (Å²) < 4.78 is 19.1. The first-order valence-corrected chi connectivity index (χ1v) is 6.02. The molecule has 0 aliphatic carbocycles. The Labute approximate surface area is 111 Å². The van der Waals surface area contributed by atoms with Crippen LogP contribution in [0, 0.1) is 5.82 Å². The lowest BCUT2D eigenvalue weighted by Gasteiger charge is -2.10. The second kappa shape index (κ2) is 5.71. The average molecular weight is 261 g/mol. The van der Waals surface area contributed by atoms with Crippen molar-refractivity contribution in [2.24, 2.45) is 5.73 Å². The van der Waals surface area contributed by atoms with Crippen molar-refractivity contribution >= 4 is 0 Å². The van der Waals surface area contributed by atoms with Crippen LogP contribution >= 0.6 is 0 Å². The molecule has 0 saturated heterocycles. The maximum atomic E-state index is 13.8. The molecule has 2 aromatic rings. The molecule has 0 fully saturated rings. The van der Waals surface area contributed by atoms with E-state index in [-0.39, 0.29) is 24.1 Å². The molecule has 3 nitrogen and oxygen atoms in total. The van der Waals surface area contributed by atoms with Crippen LogP contribution in [0.15, 0.2) is 42.5 Å². The maximum Gasteiger partial charge on any atom is 0.165 e. The van der Waals surface area contributed by atoms with Crippen molar-refractivity contribution in [2.75, 3.05) is 0 Å². The molecular formula is C15H16FNO2. The number of rotatable bonds is 4. The molecule has 1 unspecified atom stereocenters. The number of halogens is 1. The maximum absolute atomic E-state index is 13.8. The van der Waals surface area contributed by atoms with Crippen molar-refractivity contribution in [2.45, 2.75) is 19.6 Å². The third kappa shape index (κ3) is 3.45. The number of phenolic OH excluding ortho intramolecular Hbond substituents is 1. The van der Waals surface area contributed by atoms with Crippen LogP contribution in [-0.4, -0.2) is 5.11 Å². The molecule has 0 aliphatic rings. The molecule has 0 amide bonds. The zero-order valence-electron chi connectivity index (χ0n) is 10.6. The number of benzene rings is 2. The molecular weight excluding hydrogens is 245 g/mol. The Bertz CT molecular complexity index is 570. The second-order valence-corrected chi connectivity index (χ2v) is 4.44. The molecule has 19 heavy (non-hydrogen) atoms. The fraction of sp³-hybridized carbons (Fsp3) is 0.200. The first kappa shape index (κ1) is 13.4. The SMILES string of the molecule is CC(N)c1ccc(OCc2cccc(O)c2)c(F)c1. The van der Waals surface area contributed by atoms with Gasteiger partial charge in [-0.1, -0.05) is 18.2 Å². The third-order valence-corrected chi connectivity index (χ3v) is 2.79. The molecule has 0 saturated carbocycles. The Morgan fingerprint density at radius 2 is 2.05 bits per heavy atom. The first-order valence-electron chi connectivity index (χ1n) is 6.02. The van der Waals surface area contributed by atoms with Gasteiger partial charge in [-0.15, -0.1) is 0 Å². The number of ether oxygens (including phenoxy) is 1. The summed E-state index contributed by atoms with van der Waals surface area (Å²) in [6, 6.07) is 11.1. The van der Waals surface area contributed by atoms with E-state index in [9.17, 15) is 9.50 Å². The summed E-state index contributed by atoms with van der Waals surface area (Å²) in [5, 5.41) is 9.32. The van der Waals surface area contributed by atoms with Crippen molar-refractivity contribution in [3.63, 3.8) is 0 Å². The van der Waals surface area contributed by atoms with Crippen molar-refractivity contribution in [1.82, 2.24) is 0 Å². The quantitative estimate of drug-likeness (QED) is 0.889. The molecule has 1 atom stereocenters. The van der Waals surface area contributed by atoms with E-state index in [1.54, 1.807) is 43.3 Å². The lowest BCUT2D eigenvalue weighted by Crippen LogP contribution is -2.06. The predicted octanol–water partition coefficient (Wildman–Crippen LogP) is 3.13. The molecule has 0 radical (unpaired) electrons. The minimum atomic E-state index is -0.435. The molecule has 0 aliphatic heterocycles. The lowest BCUT2D eigenvalue weighted by atomic mass is 10.1. The summed E-state index contributed by atoms with van der Waals surface area (Å²) in [6.45, 7) is 1.99. The van der Waals surface area contributed by atoms with E-state index in [4.69, 9.17) is 10.5 Å². The van der Waals surface area contributed by atoms with Crippen LogP contribution in [0.5, 0.6) is 11.5 Å². The summed E-state index contributed by atoms with van der Waals surface area (Å²) in [5.74, 6) is -0.100. The van der Waals surface area contributed by atoms with Crippen LogP contribution in [-0.2, 0) is 6.61 Å². The van der Waals surface area contributed by atoms with Gasteiger partial charge in [0.05, 0.1) is 0 Å².